The van der Waals surface area contributed by atoms with E-state index in [0.717, 1.165) is 5.56 Å². The van der Waals surface area contributed by atoms with E-state index in [9.17, 15) is 4.79 Å². The first-order chi connectivity index (χ1) is 6.24. The van der Waals surface area contributed by atoms with Crippen LogP contribution in [0.4, 0.5) is 0 Å². The van der Waals surface area contributed by atoms with Gasteiger partial charge in [0.2, 0.25) is 0 Å². The first-order valence-electron chi connectivity index (χ1n) is 4.18. The van der Waals surface area contributed by atoms with E-state index >= 15 is 0 Å². The Morgan fingerprint density at radius 2 is 2.00 bits per heavy atom. The van der Waals surface area contributed by atoms with Gasteiger partial charge in [-0.1, -0.05) is 30.3 Å². The van der Waals surface area contributed by atoms with E-state index in [1.54, 1.807) is 0 Å². The van der Waals surface area contributed by atoms with Crippen molar-refractivity contribution in [2.45, 2.75) is 19.2 Å². The van der Waals surface area contributed by atoms with Crippen LogP contribution in [0.25, 0.3) is 0 Å². The molecule has 0 fully saturated rings. The molecule has 13 heavy (non-hydrogen) atoms. The highest BCUT2D eigenvalue weighted by molar-refractivity contribution is 5.54. The molecule has 0 heterocycles. The van der Waals surface area contributed by atoms with Crippen molar-refractivity contribution in [3.8, 4) is 0 Å². The molecule has 1 aromatic rings. The van der Waals surface area contributed by atoms with Gasteiger partial charge in [0.1, 0.15) is 0 Å². The minimum Gasteiger partial charge on any atom is -0.371 e. The quantitative estimate of drug-likeness (QED) is 0.532. The van der Waals surface area contributed by atoms with Gasteiger partial charge in [0, 0.05) is 6.04 Å². The zero-order valence-corrected chi connectivity index (χ0v) is 7.47. The maximum absolute atomic E-state index is 10.2. The number of benzene rings is 1. The van der Waals surface area contributed by atoms with E-state index in [-0.39, 0.29) is 6.04 Å². The van der Waals surface area contributed by atoms with Gasteiger partial charge in [-0.2, -0.15) is 0 Å². The molecule has 0 bridgehead atoms. The second kappa shape index (κ2) is 4.74. The normalized spacial score (nSPS) is 14.9. The molecule has 0 aliphatic carbocycles. The predicted molar refractivity (Wildman–Crippen MR) is 50.1 cm³/mol. The Kier molecular flexibility index (Phi) is 3.61. The molecule has 2 unspecified atom stereocenters. The van der Waals surface area contributed by atoms with Crippen LogP contribution >= 0.6 is 0 Å². The molecule has 1 aromatic carbocycles. The zero-order chi connectivity index (χ0) is 9.68. The molecule has 1 rings (SSSR count). The predicted octanol–water partition coefficient (Wildman–Crippen LogP) is 0.854. The van der Waals surface area contributed by atoms with Crippen molar-refractivity contribution in [3.63, 3.8) is 0 Å². The fraction of sp³-hybridized carbons (Fsp3) is 0.300. The third kappa shape index (κ3) is 2.97. The minimum atomic E-state index is -1.09. The summed E-state index contributed by atoms with van der Waals surface area (Å²) in [4.78, 5) is 10.2. The van der Waals surface area contributed by atoms with E-state index in [1.165, 1.54) is 0 Å². The molecule has 0 radical (unpaired) electrons. The van der Waals surface area contributed by atoms with Gasteiger partial charge < -0.3 is 5.11 Å². The lowest BCUT2D eigenvalue weighted by Gasteiger charge is -2.15. The van der Waals surface area contributed by atoms with Crippen LogP contribution in [-0.2, 0) is 4.79 Å². The molecule has 0 saturated carbocycles. The Bertz CT molecular complexity index is 261. The second-order valence-corrected chi connectivity index (χ2v) is 2.88. The fourth-order valence-corrected chi connectivity index (χ4v) is 1.13. The molecule has 70 valence electrons. The highest BCUT2D eigenvalue weighted by Crippen LogP contribution is 2.10. The van der Waals surface area contributed by atoms with Crippen molar-refractivity contribution in [1.82, 2.24) is 5.32 Å². The molecular formula is C10H13NO2. The van der Waals surface area contributed by atoms with Crippen molar-refractivity contribution >= 4 is 6.29 Å². The maximum Gasteiger partial charge on any atom is 0.163 e. The van der Waals surface area contributed by atoms with E-state index < -0.39 is 6.23 Å². The lowest BCUT2D eigenvalue weighted by Crippen LogP contribution is -2.32. The third-order valence-corrected chi connectivity index (χ3v) is 1.85. The highest BCUT2D eigenvalue weighted by Gasteiger charge is 2.08. The number of hydrogen-bond donors (Lipinski definition) is 2. The summed E-state index contributed by atoms with van der Waals surface area (Å²) in [5, 5.41) is 11.7. The van der Waals surface area contributed by atoms with E-state index in [0.29, 0.717) is 6.29 Å². The van der Waals surface area contributed by atoms with Gasteiger partial charge >= 0.3 is 0 Å². The first-order valence-corrected chi connectivity index (χ1v) is 4.18. The largest absolute Gasteiger partial charge is 0.371 e. The lowest BCUT2D eigenvalue weighted by atomic mass is 10.1. The summed E-state index contributed by atoms with van der Waals surface area (Å²) in [5.41, 5.74) is 1.04. The number of rotatable bonds is 4. The van der Waals surface area contributed by atoms with Crippen LogP contribution in [0.15, 0.2) is 30.3 Å². The van der Waals surface area contributed by atoms with Gasteiger partial charge in [-0.05, 0) is 12.5 Å². The van der Waals surface area contributed by atoms with Crippen LogP contribution in [0.5, 0.6) is 0 Å². The van der Waals surface area contributed by atoms with Crippen LogP contribution in [0.2, 0.25) is 0 Å². The van der Waals surface area contributed by atoms with Gasteiger partial charge in [0.25, 0.3) is 0 Å². The van der Waals surface area contributed by atoms with Gasteiger partial charge in [-0.15, -0.1) is 0 Å². The Balaban J connectivity index is 2.58. The summed E-state index contributed by atoms with van der Waals surface area (Å²) < 4.78 is 0. The Morgan fingerprint density at radius 3 is 2.54 bits per heavy atom. The number of aliphatic hydroxyl groups excluding tert-OH is 1. The number of carbonyl (C=O) groups excluding carboxylic acids is 1. The van der Waals surface area contributed by atoms with Crippen LogP contribution in [-0.4, -0.2) is 17.6 Å². The lowest BCUT2D eigenvalue weighted by molar-refractivity contribution is -0.116. The number of nitrogens with one attached hydrogen (secondary N) is 1. The summed E-state index contributed by atoms with van der Waals surface area (Å²) in [5.74, 6) is 0. The smallest absolute Gasteiger partial charge is 0.163 e. The number of aliphatic hydroxyl groups is 1. The fourth-order valence-electron chi connectivity index (χ4n) is 1.13. The summed E-state index contributed by atoms with van der Waals surface area (Å²) in [7, 11) is 0. The van der Waals surface area contributed by atoms with Gasteiger partial charge in [-0.25, -0.2) is 0 Å². The van der Waals surface area contributed by atoms with Gasteiger partial charge in [-0.3, -0.25) is 10.1 Å². The average molecular weight is 179 g/mol. The first kappa shape index (κ1) is 9.89. The van der Waals surface area contributed by atoms with Crippen molar-refractivity contribution < 1.29 is 9.90 Å². The van der Waals surface area contributed by atoms with Crippen molar-refractivity contribution in [2.75, 3.05) is 0 Å². The molecule has 2 N–H and O–H groups in total. The molecule has 0 amide bonds. The summed E-state index contributed by atoms with van der Waals surface area (Å²) in [6.45, 7) is 1.89. The molecule has 0 spiro atoms. The monoisotopic (exact) mass is 179 g/mol. The number of hydrogen-bond acceptors (Lipinski definition) is 3. The Labute approximate surface area is 77.4 Å². The van der Waals surface area contributed by atoms with Crippen molar-refractivity contribution in [2.24, 2.45) is 0 Å². The van der Waals surface area contributed by atoms with Crippen molar-refractivity contribution in [3.05, 3.63) is 35.9 Å². The maximum atomic E-state index is 10.2. The van der Waals surface area contributed by atoms with Crippen molar-refractivity contribution in [1.29, 1.82) is 0 Å². The van der Waals surface area contributed by atoms with Gasteiger partial charge in [0.15, 0.2) is 12.5 Å². The standard InChI is InChI=1S/C10H13NO2/c1-8(11-10(13)7-12)9-5-3-2-4-6-9/h2-8,10-11,13H,1H3. The molecular weight excluding hydrogens is 166 g/mol. The second-order valence-electron chi connectivity index (χ2n) is 2.88. The molecule has 2 atom stereocenters. The summed E-state index contributed by atoms with van der Waals surface area (Å²) in [6.07, 6.45) is -0.616. The van der Waals surface area contributed by atoms with Gasteiger partial charge in [0.05, 0.1) is 0 Å². The van der Waals surface area contributed by atoms with Crippen LogP contribution in [0.1, 0.15) is 18.5 Å². The number of aldehydes is 1. The SMILES string of the molecule is CC(NC(O)C=O)c1ccccc1. The molecule has 0 aliphatic rings. The highest BCUT2D eigenvalue weighted by atomic mass is 16.3. The van der Waals surface area contributed by atoms with Crippen LogP contribution in [0.3, 0.4) is 0 Å². The number of carbonyl (C=O) groups is 1. The summed E-state index contributed by atoms with van der Waals surface area (Å²) in [6, 6.07) is 9.61. The van der Waals surface area contributed by atoms with Crippen LogP contribution in [0, 0.1) is 0 Å². The molecule has 3 nitrogen and oxygen atoms in total. The summed E-state index contributed by atoms with van der Waals surface area (Å²) >= 11 is 0. The molecule has 0 aromatic heterocycles. The van der Waals surface area contributed by atoms with E-state index in [2.05, 4.69) is 5.32 Å². The zero-order valence-electron chi connectivity index (χ0n) is 7.47. The Hall–Kier alpha value is -1.19. The Morgan fingerprint density at radius 1 is 1.38 bits per heavy atom. The topological polar surface area (TPSA) is 49.3 Å². The minimum absolute atomic E-state index is 0.0265. The molecule has 0 saturated heterocycles. The van der Waals surface area contributed by atoms with E-state index in [4.69, 9.17) is 5.11 Å². The third-order valence-electron chi connectivity index (χ3n) is 1.85. The van der Waals surface area contributed by atoms with Crippen LogP contribution < -0.4 is 5.32 Å². The average Bonchev–Trinajstić information content (AvgIpc) is 2.19. The van der Waals surface area contributed by atoms with E-state index in [1.807, 2.05) is 37.3 Å². The molecule has 3 heteroatoms. The molecule has 0 aliphatic heterocycles.